The molecule has 0 aromatic heterocycles. The van der Waals surface area contributed by atoms with Gasteiger partial charge in [0.1, 0.15) is 17.7 Å². The van der Waals surface area contributed by atoms with Gasteiger partial charge in [0.2, 0.25) is 0 Å². The number of halogens is 1. The average molecular weight is 265 g/mol. The van der Waals surface area contributed by atoms with Crippen molar-refractivity contribution in [3.63, 3.8) is 0 Å². The first-order valence-electron chi connectivity index (χ1n) is 7.31. The van der Waals surface area contributed by atoms with Gasteiger partial charge in [0, 0.05) is 23.9 Å². The van der Waals surface area contributed by atoms with Crippen LogP contribution in [0.3, 0.4) is 0 Å². The number of benzene rings is 1. The van der Waals surface area contributed by atoms with Crippen LogP contribution in [0.2, 0.25) is 0 Å². The summed E-state index contributed by atoms with van der Waals surface area (Å²) in [6.45, 7) is 7.56. The molecule has 0 saturated heterocycles. The van der Waals surface area contributed by atoms with Crippen LogP contribution in [0.4, 0.5) is 4.39 Å². The van der Waals surface area contributed by atoms with Crippen LogP contribution in [0.1, 0.15) is 40.0 Å². The van der Waals surface area contributed by atoms with Gasteiger partial charge in [0.15, 0.2) is 0 Å². The summed E-state index contributed by atoms with van der Waals surface area (Å²) in [6.07, 6.45) is 3.36. The zero-order chi connectivity index (χ0) is 13.9. The predicted molar refractivity (Wildman–Crippen MR) is 75.9 cm³/mol. The molecule has 1 aliphatic carbocycles. The van der Waals surface area contributed by atoms with E-state index in [-0.39, 0.29) is 17.3 Å². The topological polar surface area (TPSA) is 21.3 Å². The van der Waals surface area contributed by atoms with E-state index in [2.05, 4.69) is 26.1 Å². The van der Waals surface area contributed by atoms with Gasteiger partial charge in [0.05, 0.1) is 0 Å². The van der Waals surface area contributed by atoms with E-state index < -0.39 is 0 Å². The molecular formula is C16H24FNO. The molecule has 0 heterocycles. The third-order valence-corrected chi connectivity index (χ3v) is 4.63. The smallest absolute Gasteiger partial charge is 0.126 e. The lowest BCUT2D eigenvalue weighted by Crippen LogP contribution is -2.64. The van der Waals surface area contributed by atoms with Crippen molar-refractivity contribution in [3.05, 3.63) is 30.1 Å². The van der Waals surface area contributed by atoms with E-state index in [1.807, 2.05) is 6.07 Å². The number of rotatable bonds is 6. The molecular weight excluding hydrogens is 241 g/mol. The third-order valence-electron chi connectivity index (χ3n) is 4.63. The Hall–Kier alpha value is -1.09. The number of hydrogen-bond acceptors (Lipinski definition) is 2. The molecule has 1 N–H and O–H groups in total. The summed E-state index contributed by atoms with van der Waals surface area (Å²) < 4.78 is 19.2. The summed E-state index contributed by atoms with van der Waals surface area (Å²) in [5, 5.41) is 3.55. The minimum Gasteiger partial charge on any atom is -0.490 e. The van der Waals surface area contributed by atoms with Gasteiger partial charge in [-0.05, 0) is 31.5 Å². The molecule has 2 rings (SSSR count). The van der Waals surface area contributed by atoms with Crippen LogP contribution >= 0.6 is 0 Å². The summed E-state index contributed by atoms with van der Waals surface area (Å²) in [5.74, 6) is 0.407. The maximum Gasteiger partial charge on any atom is 0.126 e. The Morgan fingerprint density at radius 1 is 1.32 bits per heavy atom. The fraction of sp³-hybridized carbons (Fsp3) is 0.625. The summed E-state index contributed by atoms with van der Waals surface area (Å²) in [4.78, 5) is 0. The minimum absolute atomic E-state index is 0.183. The van der Waals surface area contributed by atoms with Gasteiger partial charge in [-0.2, -0.15) is 0 Å². The molecule has 0 radical (unpaired) electrons. The summed E-state index contributed by atoms with van der Waals surface area (Å²) in [6, 6.07) is 6.97. The van der Waals surface area contributed by atoms with Crippen LogP contribution in [-0.2, 0) is 0 Å². The summed E-state index contributed by atoms with van der Waals surface area (Å²) in [7, 11) is 0. The van der Waals surface area contributed by atoms with Crippen molar-refractivity contribution in [3.8, 4) is 5.75 Å². The maximum absolute atomic E-state index is 13.2. The van der Waals surface area contributed by atoms with Crippen molar-refractivity contribution in [2.45, 2.75) is 52.2 Å². The number of hydrogen-bond donors (Lipinski definition) is 1. The molecule has 2 unspecified atom stereocenters. The van der Waals surface area contributed by atoms with Crippen molar-refractivity contribution in [1.82, 2.24) is 5.32 Å². The van der Waals surface area contributed by atoms with Crippen LogP contribution < -0.4 is 10.1 Å². The van der Waals surface area contributed by atoms with Crippen molar-refractivity contribution in [2.75, 3.05) is 6.54 Å². The molecule has 0 spiro atoms. The minimum atomic E-state index is -0.237. The quantitative estimate of drug-likeness (QED) is 0.845. The van der Waals surface area contributed by atoms with Crippen LogP contribution in [-0.4, -0.2) is 18.7 Å². The Morgan fingerprint density at radius 2 is 2.05 bits per heavy atom. The molecule has 3 heteroatoms. The Labute approximate surface area is 115 Å². The second kappa shape index (κ2) is 5.91. The lowest BCUT2D eigenvalue weighted by Gasteiger charge is -2.55. The summed E-state index contributed by atoms with van der Waals surface area (Å²) in [5.41, 5.74) is 0.183. The second-order valence-electron chi connectivity index (χ2n) is 5.35. The first-order valence-corrected chi connectivity index (χ1v) is 7.31. The van der Waals surface area contributed by atoms with Gasteiger partial charge < -0.3 is 10.1 Å². The Morgan fingerprint density at radius 3 is 2.63 bits per heavy atom. The summed E-state index contributed by atoms with van der Waals surface area (Å²) >= 11 is 0. The molecule has 0 aliphatic heterocycles. The fourth-order valence-corrected chi connectivity index (χ4v) is 3.35. The van der Waals surface area contributed by atoms with Gasteiger partial charge in [-0.15, -0.1) is 0 Å². The van der Waals surface area contributed by atoms with Gasteiger partial charge in [-0.1, -0.05) is 26.8 Å². The van der Waals surface area contributed by atoms with Crippen LogP contribution in [0.25, 0.3) is 0 Å². The largest absolute Gasteiger partial charge is 0.490 e. The maximum atomic E-state index is 13.2. The van der Waals surface area contributed by atoms with Crippen molar-refractivity contribution >= 4 is 0 Å². The van der Waals surface area contributed by atoms with E-state index in [1.165, 1.54) is 12.1 Å². The van der Waals surface area contributed by atoms with Gasteiger partial charge in [0.25, 0.3) is 0 Å². The SMILES string of the molecule is CCNC1CC(Oc2cccc(F)c2)C1(CC)CC. The molecule has 106 valence electrons. The van der Waals surface area contributed by atoms with E-state index in [9.17, 15) is 4.39 Å². The Bertz CT molecular complexity index is 417. The molecule has 0 amide bonds. The zero-order valence-corrected chi connectivity index (χ0v) is 12.1. The second-order valence-corrected chi connectivity index (χ2v) is 5.35. The normalized spacial score (nSPS) is 24.8. The molecule has 2 atom stereocenters. The lowest BCUT2D eigenvalue weighted by atomic mass is 9.58. The Kier molecular flexibility index (Phi) is 4.46. The standard InChI is InChI=1S/C16H24FNO/c1-4-16(5-2)14(18-6-3)11-15(16)19-13-9-7-8-12(17)10-13/h7-10,14-15,18H,4-6,11H2,1-3H3. The van der Waals surface area contributed by atoms with Crippen LogP contribution in [0.15, 0.2) is 24.3 Å². The van der Waals surface area contributed by atoms with Crippen molar-refractivity contribution < 1.29 is 9.13 Å². The Balaban J connectivity index is 2.08. The molecule has 1 aliphatic rings. The highest BCUT2D eigenvalue weighted by Gasteiger charge is 2.53. The van der Waals surface area contributed by atoms with E-state index in [0.29, 0.717) is 11.8 Å². The molecule has 1 saturated carbocycles. The van der Waals surface area contributed by atoms with E-state index in [4.69, 9.17) is 4.74 Å². The number of nitrogens with one attached hydrogen (secondary N) is 1. The van der Waals surface area contributed by atoms with Gasteiger partial charge in [-0.25, -0.2) is 4.39 Å². The fourth-order valence-electron chi connectivity index (χ4n) is 3.35. The molecule has 2 nitrogen and oxygen atoms in total. The monoisotopic (exact) mass is 265 g/mol. The van der Waals surface area contributed by atoms with E-state index in [1.54, 1.807) is 6.07 Å². The molecule has 19 heavy (non-hydrogen) atoms. The zero-order valence-electron chi connectivity index (χ0n) is 12.1. The van der Waals surface area contributed by atoms with Crippen LogP contribution in [0, 0.1) is 11.2 Å². The van der Waals surface area contributed by atoms with E-state index in [0.717, 1.165) is 25.8 Å². The highest BCUT2D eigenvalue weighted by molar-refractivity contribution is 5.24. The average Bonchev–Trinajstić information content (AvgIpc) is 2.39. The first kappa shape index (κ1) is 14.3. The van der Waals surface area contributed by atoms with Crippen molar-refractivity contribution in [2.24, 2.45) is 5.41 Å². The molecule has 1 fully saturated rings. The third kappa shape index (κ3) is 2.62. The highest BCUT2D eigenvalue weighted by atomic mass is 19.1. The molecule has 1 aromatic rings. The van der Waals surface area contributed by atoms with Crippen molar-refractivity contribution in [1.29, 1.82) is 0 Å². The number of ether oxygens (including phenoxy) is 1. The predicted octanol–water partition coefficient (Wildman–Crippen LogP) is 3.76. The molecule has 1 aromatic carbocycles. The van der Waals surface area contributed by atoms with Gasteiger partial charge in [-0.3, -0.25) is 0 Å². The molecule has 0 bridgehead atoms. The highest BCUT2D eigenvalue weighted by Crippen LogP contribution is 2.48. The van der Waals surface area contributed by atoms with E-state index >= 15 is 0 Å². The first-order chi connectivity index (χ1) is 9.16. The van der Waals surface area contributed by atoms with Crippen LogP contribution in [0.5, 0.6) is 5.75 Å². The lowest BCUT2D eigenvalue weighted by molar-refractivity contribution is -0.0855. The van der Waals surface area contributed by atoms with Gasteiger partial charge >= 0.3 is 0 Å².